The first-order valence-electron chi connectivity index (χ1n) is 6.62. The monoisotopic (exact) mass is 249 g/mol. The zero-order valence-electron chi connectivity index (χ0n) is 11.6. The van der Waals surface area contributed by atoms with E-state index in [1.54, 1.807) is 14.2 Å². The summed E-state index contributed by atoms with van der Waals surface area (Å²) in [6, 6.07) is 6.25. The van der Waals surface area contributed by atoms with E-state index in [0.717, 1.165) is 18.0 Å². The Labute approximate surface area is 109 Å². The fourth-order valence-corrected chi connectivity index (χ4v) is 3.07. The van der Waals surface area contributed by atoms with Crippen molar-refractivity contribution >= 4 is 0 Å². The number of methoxy groups -OCH3 is 2. The molecule has 2 rings (SSSR count). The van der Waals surface area contributed by atoms with Crippen molar-refractivity contribution in [2.75, 3.05) is 27.8 Å². The SMILES string of the molecule is CNCC1(c2cc(OC)cc(OC)c2)CCCC1. The van der Waals surface area contributed by atoms with Crippen molar-refractivity contribution in [3.8, 4) is 11.5 Å². The van der Waals surface area contributed by atoms with Crippen molar-refractivity contribution in [3.05, 3.63) is 23.8 Å². The van der Waals surface area contributed by atoms with Gasteiger partial charge in [-0.3, -0.25) is 0 Å². The van der Waals surface area contributed by atoms with E-state index in [1.165, 1.54) is 31.2 Å². The van der Waals surface area contributed by atoms with Gasteiger partial charge >= 0.3 is 0 Å². The number of nitrogens with one attached hydrogen (secondary N) is 1. The number of ether oxygens (including phenoxy) is 2. The van der Waals surface area contributed by atoms with Crippen LogP contribution in [0.3, 0.4) is 0 Å². The zero-order chi connectivity index (χ0) is 13.0. The lowest BCUT2D eigenvalue weighted by molar-refractivity contribution is 0.381. The van der Waals surface area contributed by atoms with Gasteiger partial charge < -0.3 is 14.8 Å². The summed E-state index contributed by atoms with van der Waals surface area (Å²) in [6.07, 6.45) is 5.09. The van der Waals surface area contributed by atoms with Gasteiger partial charge in [0, 0.05) is 18.0 Å². The van der Waals surface area contributed by atoms with Gasteiger partial charge in [0.05, 0.1) is 14.2 Å². The molecule has 0 aliphatic heterocycles. The van der Waals surface area contributed by atoms with Crippen LogP contribution in [0.4, 0.5) is 0 Å². The standard InChI is InChI=1S/C15H23NO2/c1-16-11-15(6-4-5-7-15)12-8-13(17-2)10-14(9-12)18-3/h8-10,16H,4-7,11H2,1-3H3. The highest BCUT2D eigenvalue weighted by Gasteiger charge is 2.35. The fraction of sp³-hybridized carbons (Fsp3) is 0.600. The molecule has 0 radical (unpaired) electrons. The van der Waals surface area contributed by atoms with Gasteiger partial charge in [-0.05, 0) is 37.6 Å². The molecule has 3 nitrogen and oxygen atoms in total. The van der Waals surface area contributed by atoms with Crippen molar-refractivity contribution in [1.82, 2.24) is 5.32 Å². The molecule has 0 bridgehead atoms. The maximum absolute atomic E-state index is 5.38. The third-order valence-electron chi connectivity index (χ3n) is 4.04. The highest BCUT2D eigenvalue weighted by molar-refractivity contribution is 5.42. The highest BCUT2D eigenvalue weighted by Crippen LogP contribution is 2.42. The minimum Gasteiger partial charge on any atom is -0.497 e. The lowest BCUT2D eigenvalue weighted by Crippen LogP contribution is -2.34. The Bertz CT molecular complexity index is 375. The predicted molar refractivity (Wildman–Crippen MR) is 73.6 cm³/mol. The number of hydrogen-bond donors (Lipinski definition) is 1. The highest BCUT2D eigenvalue weighted by atomic mass is 16.5. The van der Waals surface area contributed by atoms with E-state index in [2.05, 4.69) is 17.4 Å². The molecule has 0 amide bonds. The number of benzene rings is 1. The number of hydrogen-bond acceptors (Lipinski definition) is 3. The van der Waals surface area contributed by atoms with Crippen LogP contribution < -0.4 is 14.8 Å². The summed E-state index contributed by atoms with van der Waals surface area (Å²) in [4.78, 5) is 0. The fourth-order valence-electron chi connectivity index (χ4n) is 3.07. The number of rotatable bonds is 5. The molecular formula is C15H23NO2. The minimum atomic E-state index is 0.247. The van der Waals surface area contributed by atoms with Crippen LogP contribution in [0.25, 0.3) is 0 Å². The molecule has 1 aliphatic rings. The molecule has 1 aromatic carbocycles. The lowest BCUT2D eigenvalue weighted by atomic mass is 9.78. The Morgan fingerprint density at radius 2 is 1.61 bits per heavy atom. The van der Waals surface area contributed by atoms with Gasteiger partial charge in [0.1, 0.15) is 11.5 Å². The molecule has 100 valence electrons. The molecule has 1 fully saturated rings. The molecule has 1 aromatic rings. The molecular weight excluding hydrogens is 226 g/mol. The first kappa shape index (κ1) is 13.2. The van der Waals surface area contributed by atoms with Crippen LogP contribution in [0.15, 0.2) is 18.2 Å². The van der Waals surface area contributed by atoms with Crippen LogP contribution >= 0.6 is 0 Å². The van der Waals surface area contributed by atoms with Crippen LogP contribution in [0.5, 0.6) is 11.5 Å². The molecule has 0 aromatic heterocycles. The summed E-state index contributed by atoms with van der Waals surface area (Å²) >= 11 is 0. The minimum absolute atomic E-state index is 0.247. The van der Waals surface area contributed by atoms with E-state index in [9.17, 15) is 0 Å². The van der Waals surface area contributed by atoms with Gasteiger partial charge in [-0.15, -0.1) is 0 Å². The van der Waals surface area contributed by atoms with Crippen LogP contribution in [-0.4, -0.2) is 27.8 Å². The molecule has 1 N–H and O–H groups in total. The molecule has 0 spiro atoms. The van der Waals surface area contributed by atoms with Crippen molar-refractivity contribution < 1.29 is 9.47 Å². The second-order valence-corrected chi connectivity index (χ2v) is 5.12. The average Bonchev–Trinajstić information content (AvgIpc) is 2.88. The summed E-state index contributed by atoms with van der Waals surface area (Å²) in [7, 11) is 5.44. The lowest BCUT2D eigenvalue weighted by Gasteiger charge is -2.30. The summed E-state index contributed by atoms with van der Waals surface area (Å²) < 4.78 is 10.8. The topological polar surface area (TPSA) is 30.5 Å². The molecule has 0 unspecified atom stereocenters. The van der Waals surface area contributed by atoms with Crippen molar-refractivity contribution in [3.63, 3.8) is 0 Å². The van der Waals surface area contributed by atoms with Gasteiger partial charge in [0.15, 0.2) is 0 Å². The summed E-state index contributed by atoms with van der Waals surface area (Å²) in [5.74, 6) is 1.76. The Morgan fingerprint density at radius 1 is 1.06 bits per heavy atom. The van der Waals surface area contributed by atoms with E-state index < -0.39 is 0 Å². The maximum Gasteiger partial charge on any atom is 0.122 e. The Morgan fingerprint density at radius 3 is 2.06 bits per heavy atom. The van der Waals surface area contributed by atoms with Gasteiger partial charge in [-0.1, -0.05) is 12.8 Å². The molecule has 0 heterocycles. The second-order valence-electron chi connectivity index (χ2n) is 5.12. The van der Waals surface area contributed by atoms with E-state index in [0.29, 0.717) is 0 Å². The zero-order valence-corrected chi connectivity index (χ0v) is 11.6. The molecule has 1 aliphatic carbocycles. The first-order chi connectivity index (χ1) is 8.74. The summed E-state index contributed by atoms with van der Waals surface area (Å²) in [5.41, 5.74) is 1.59. The van der Waals surface area contributed by atoms with Crippen molar-refractivity contribution in [2.45, 2.75) is 31.1 Å². The maximum atomic E-state index is 5.38. The predicted octanol–water partition coefficient (Wildman–Crippen LogP) is 2.74. The first-order valence-corrected chi connectivity index (χ1v) is 6.62. The van der Waals surface area contributed by atoms with E-state index >= 15 is 0 Å². The van der Waals surface area contributed by atoms with Gasteiger partial charge in [0.2, 0.25) is 0 Å². The van der Waals surface area contributed by atoms with Crippen LogP contribution in [0.2, 0.25) is 0 Å². The van der Waals surface area contributed by atoms with Gasteiger partial charge in [-0.2, -0.15) is 0 Å². The molecule has 18 heavy (non-hydrogen) atoms. The van der Waals surface area contributed by atoms with Crippen LogP contribution in [0, 0.1) is 0 Å². The van der Waals surface area contributed by atoms with E-state index in [4.69, 9.17) is 9.47 Å². The average molecular weight is 249 g/mol. The Hall–Kier alpha value is -1.22. The van der Waals surface area contributed by atoms with Gasteiger partial charge in [-0.25, -0.2) is 0 Å². The quantitative estimate of drug-likeness (QED) is 0.870. The summed E-state index contributed by atoms with van der Waals surface area (Å²) in [6.45, 7) is 1.02. The van der Waals surface area contributed by atoms with E-state index in [1.807, 2.05) is 13.1 Å². The second kappa shape index (κ2) is 5.61. The third-order valence-corrected chi connectivity index (χ3v) is 4.04. The normalized spacial score (nSPS) is 17.7. The largest absolute Gasteiger partial charge is 0.497 e. The smallest absolute Gasteiger partial charge is 0.122 e. The molecule has 1 saturated carbocycles. The third kappa shape index (κ3) is 2.46. The van der Waals surface area contributed by atoms with E-state index in [-0.39, 0.29) is 5.41 Å². The number of likely N-dealkylation sites (N-methyl/N-ethyl adjacent to an activating group) is 1. The van der Waals surface area contributed by atoms with Crippen molar-refractivity contribution in [1.29, 1.82) is 0 Å². The molecule has 3 heteroatoms. The van der Waals surface area contributed by atoms with Crippen LogP contribution in [0.1, 0.15) is 31.2 Å². The molecule has 0 atom stereocenters. The Balaban J connectivity index is 2.40. The van der Waals surface area contributed by atoms with Gasteiger partial charge in [0.25, 0.3) is 0 Å². The van der Waals surface area contributed by atoms with Crippen molar-refractivity contribution in [2.24, 2.45) is 0 Å². The summed E-state index contributed by atoms with van der Waals surface area (Å²) in [5, 5.41) is 3.34. The molecule has 0 saturated heterocycles. The Kier molecular flexibility index (Phi) is 4.12. The van der Waals surface area contributed by atoms with Crippen LogP contribution in [-0.2, 0) is 5.41 Å².